The van der Waals surface area contributed by atoms with Gasteiger partial charge in [-0.3, -0.25) is 4.79 Å². The van der Waals surface area contributed by atoms with Crippen LogP contribution in [0.5, 0.6) is 0 Å². The van der Waals surface area contributed by atoms with Crippen molar-refractivity contribution in [3.8, 4) is 0 Å². The van der Waals surface area contributed by atoms with E-state index in [1.807, 2.05) is 13.8 Å². The fourth-order valence-corrected chi connectivity index (χ4v) is 1.56. The zero-order valence-electron chi connectivity index (χ0n) is 9.99. The lowest BCUT2D eigenvalue weighted by Gasteiger charge is -2.17. The molecule has 0 aliphatic rings. The van der Waals surface area contributed by atoms with Crippen molar-refractivity contribution in [3.63, 3.8) is 0 Å². The van der Waals surface area contributed by atoms with Gasteiger partial charge in [0, 0.05) is 0 Å². The van der Waals surface area contributed by atoms with Crippen molar-refractivity contribution in [1.82, 2.24) is 5.32 Å². The van der Waals surface area contributed by atoms with Gasteiger partial charge in [0.05, 0.1) is 12.6 Å². The highest BCUT2D eigenvalue weighted by Gasteiger charge is 2.16. The maximum atomic E-state index is 11.7. The minimum atomic E-state index is -0.271. The van der Waals surface area contributed by atoms with Gasteiger partial charge in [0.25, 0.3) is 5.91 Å². The first kappa shape index (κ1) is 12.8. The van der Waals surface area contributed by atoms with Crippen LogP contribution in [-0.4, -0.2) is 23.7 Å². The molecule has 0 saturated carbocycles. The van der Waals surface area contributed by atoms with Gasteiger partial charge >= 0.3 is 0 Å². The molecule has 4 heteroatoms. The van der Waals surface area contributed by atoms with E-state index >= 15 is 0 Å². The van der Waals surface area contributed by atoms with E-state index in [4.69, 9.17) is 9.52 Å². The summed E-state index contributed by atoms with van der Waals surface area (Å²) in [5, 5.41) is 11.9. The molecule has 16 heavy (non-hydrogen) atoms. The van der Waals surface area contributed by atoms with Crippen molar-refractivity contribution >= 4 is 5.91 Å². The lowest BCUT2D eigenvalue weighted by atomic mass is 10.0. The van der Waals surface area contributed by atoms with Crippen LogP contribution < -0.4 is 5.32 Å². The molecular weight excluding hydrogens is 206 g/mol. The number of aryl methyl sites for hydroxylation is 1. The predicted octanol–water partition coefficient (Wildman–Crippen LogP) is 1.72. The number of hydrogen-bond donors (Lipinski definition) is 2. The first-order chi connectivity index (χ1) is 7.52. The third kappa shape index (κ3) is 3.70. The highest BCUT2D eigenvalue weighted by molar-refractivity contribution is 5.91. The molecule has 0 aromatic carbocycles. The number of carbonyl (C=O) groups is 1. The van der Waals surface area contributed by atoms with Crippen LogP contribution in [0, 0.1) is 12.8 Å². The predicted molar refractivity (Wildman–Crippen MR) is 61.2 cm³/mol. The number of furan rings is 1. The highest BCUT2D eigenvalue weighted by Crippen LogP contribution is 2.08. The molecule has 90 valence electrons. The Morgan fingerprint density at radius 1 is 1.50 bits per heavy atom. The molecule has 2 N–H and O–H groups in total. The lowest BCUT2D eigenvalue weighted by Crippen LogP contribution is -2.38. The van der Waals surface area contributed by atoms with Gasteiger partial charge in [-0.05, 0) is 31.4 Å². The van der Waals surface area contributed by atoms with Crippen molar-refractivity contribution in [2.75, 3.05) is 6.61 Å². The fraction of sp³-hybridized carbons (Fsp3) is 0.583. The normalized spacial score (nSPS) is 12.8. The first-order valence-corrected chi connectivity index (χ1v) is 5.51. The Kier molecular flexibility index (Phi) is 4.55. The third-order valence-corrected chi connectivity index (χ3v) is 2.28. The van der Waals surface area contributed by atoms with Crippen LogP contribution in [0.4, 0.5) is 0 Å². The van der Waals surface area contributed by atoms with E-state index < -0.39 is 0 Å². The summed E-state index contributed by atoms with van der Waals surface area (Å²) in [5.41, 5.74) is 0. The van der Waals surface area contributed by atoms with Gasteiger partial charge in [-0.15, -0.1) is 0 Å². The summed E-state index contributed by atoms with van der Waals surface area (Å²) in [6, 6.07) is 3.16. The number of amides is 1. The van der Waals surface area contributed by atoms with Crippen LogP contribution >= 0.6 is 0 Å². The monoisotopic (exact) mass is 225 g/mol. The Morgan fingerprint density at radius 2 is 2.19 bits per heavy atom. The molecule has 0 fully saturated rings. The van der Waals surface area contributed by atoms with Crippen molar-refractivity contribution in [1.29, 1.82) is 0 Å². The van der Waals surface area contributed by atoms with Crippen molar-refractivity contribution in [2.45, 2.75) is 33.2 Å². The van der Waals surface area contributed by atoms with Crippen LogP contribution in [0.2, 0.25) is 0 Å². The summed E-state index contributed by atoms with van der Waals surface area (Å²) in [6.45, 7) is 5.83. The number of aliphatic hydroxyl groups excluding tert-OH is 1. The molecule has 1 rings (SSSR count). The SMILES string of the molecule is Cc1ccc(C(=O)NC(CO)CC(C)C)o1. The Labute approximate surface area is 95.7 Å². The maximum absolute atomic E-state index is 11.7. The molecule has 1 atom stereocenters. The Bertz CT molecular complexity index is 344. The number of nitrogens with one attached hydrogen (secondary N) is 1. The molecule has 0 saturated heterocycles. The van der Waals surface area contributed by atoms with E-state index in [0.717, 1.165) is 6.42 Å². The Balaban J connectivity index is 2.55. The van der Waals surface area contributed by atoms with Gasteiger partial charge in [-0.2, -0.15) is 0 Å². The molecule has 1 amide bonds. The molecule has 0 spiro atoms. The molecule has 0 aliphatic heterocycles. The van der Waals surface area contributed by atoms with E-state index in [1.54, 1.807) is 19.1 Å². The summed E-state index contributed by atoms with van der Waals surface area (Å²) < 4.78 is 5.20. The van der Waals surface area contributed by atoms with E-state index in [2.05, 4.69) is 5.32 Å². The standard InChI is InChI=1S/C12H19NO3/c1-8(2)6-10(7-14)13-12(15)11-5-4-9(3)16-11/h4-5,8,10,14H,6-7H2,1-3H3,(H,13,15). The minimum Gasteiger partial charge on any atom is -0.456 e. The zero-order valence-corrected chi connectivity index (χ0v) is 9.99. The zero-order chi connectivity index (χ0) is 12.1. The third-order valence-electron chi connectivity index (χ3n) is 2.28. The smallest absolute Gasteiger partial charge is 0.287 e. The number of aliphatic hydroxyl groups is 1. The van der Waals surface area contributed by atoms with E-state index in [-0.39, 0.29) is 18.6 Å². The molecule has 1 aromatic rings. The summed E-state index contributed by atoms with van der Waals surface area (Å²) in [7, 11) is 0. The van der Waals surface area contributed by atoms with E-state index in [0.29, 0.717) is 17.4 Å². The van der Waals surface area contributed by atoms with Gasteiger partial charge in [-0.25, -0.2) is 0 Å². The topological polar surface area (TPSA) is 62.5 Å². The average molecular weight is 225 g/mol. The highest BCUT2D eigenvalue weighted by atomic mass is 16.3. The summed E-state index contributed by atoms with van der Waals surface area (Å²) in [4.78, 5) is 11.7. The van der Waals surface area contributed by atoms with E-state index in [9.17, 15) is 4.79 Å². The van der Waals surface area contributed by atoms with Crippen LogP contribution in [0.3, 0.4) is 0 Å². The number of carbonyl (C=O) groups excluding carboxylic acids is 1. The molecule has 0 aliphatic carbocycles. The molecule has 1 aromatic heterocycles. The van der Waals surface area contributed by atoms with Gasteiger partial charge < -0.3 is 14.8 Å². The molecule has 1 heterocycles. The van der Waals surface area contributed by atoms with E-state index in [1.165, 1.54) is 0 Å². The second-order valence-electron chi connectivity index (χ2n) is 4.39. The van der Waals surface area contributed by atoms with Crippen molar-refractivity contribution in [3.05, 3.63) is 23.7 Å². The summed E-state index contributed by atoms with van der Waals surface area (Å²) in [5.74, 6) is 1.15. The van der Waals surface area contributed by atoms with Gasteiger partial charge in [0.1, 0.15) is 5.76 Å². The maximum Gasteiger partial charge on any atom is 0.287 e. The molecule has 0 bridgehead atoms. The van der Waals surface area contributed by atoms with Crippen LogP contribution in [0.15, 0.2) is 16.5 Å². The Hall–Kier alpha value is -1.29. The summed E-state index contributed by atoms with van der Waals surface area (Å²) >= 11 is 0. The lowest BCUT2D eigenvalue weighted by molar-refractivity contribution is 0.0879. The minimum absolute atomic E-state index is 0.0520. The summed E-state index contributed by atoms with van der Waals surface area (Å²) in [6.07, 6.45) is 0.752. The molecule has 1 unspecified atom stereocenters. The average Bonchev–Trinajstić information content (AvgIpc) is 2.63. The van der Waals surface area contributed by atoms with Crippen LogP contribution in [0.1, 0.15) is 36.6 Å². The van der Waals surface area contributed by atoms with Crippen molar-refractivity contribution < 1.29 is 14.3 Å². The second-order valence-corrected chi connectivity index (χ2v) is 4.39. The van der Waals surface area contributed by atoms with Gasteiger partial charge in [-0.1, -0.05) is 13.8 Å². The van der Waals surface area contributed by atoms with Gasteiger partial charge in [0.15, 0.2) is 5.76 Å². The largest absolute Gasteiger partial charge is 0.456 e. The van der Waals surface area contributed by atoms with Crippen LogP contribution in [0.25, 0.3) is 0 Å². The second kappa shape index (κ2) is 5.70. The number of hydrogen-bond acceptors (Lipinski definition) is 3. The first-order valence-electron chi connectivity index (χ1n) is 5.51. The van der Waals surface area contributed by atoms with Gasteiger partial charge in [0.2, 0.25) is 0 Å². The van der Waals surface area contributed by atoms with Crippen LogP contribution in [-0.2, 0) is 0 Å². The quantitative estimate of drug-likeness (QED) is 0.802. The Morgan fingerprint density at radius 3 is 2.62 bits per heavy atom. The molecular formula is C12H19NO3. The van der Waals surface area contributed by atoms with Crippen molar-refractivity contribution in [2.24, 2.45) is 5.92 Å². The fourth-order valence-electron chi connectivity index (χ4n) is 1.56. The molecule has 4 nitrogen and oxygen atoms in total. The molecule has 0 radical (unpaired) electrons. The number of rotatable bonds is 5.